The summed E-state index contributed by atoms with van der Waals surface area (Å²) in [5.41, 5.74) is 0.535. The van der Waals surface area contributed by atoms with Gasteiger partial charge < -0.3 is 0 Å². The fourth-order valence-electron chi connectivity index (χ4n) is 0.961. The van der Waals surface area contributed by atoms with Gasteiger partial charge >= 0.3 is 6.18 Å². The Morgan fingerprint density at radius 1 is 1.19 bits per heavy atom. The number of halogens is 6. The molecule has 7 heteroatoms. The van der Waals surface area contributed by atoms with E-state index in [1.165, 1.54) is 12.1 Å². The minimum atomic E-state index is -4.71. The summed E-state index contributed by atoms with van der Waals surface area (Å²) in [6.45, 7) is 1.70. The number of nitrogens with zero attached hydrogens (tertiary/aromatic N) is 1. The van der Waals surface area contributed by atoms with Gasteiger partial charge in [-0.25, -0.2) is 4.99 Å². The van der Waals surface area contributed by atoms with Crippen LogP contribution in [0.15, 0.2) is 17.1 Å². The molecule has 0 unspecified atom stereocenters. The standard InChI is InChI=1S/C9H5Cl3F3N/c1-4-2-5(10)7(6(11)3-4)16-8(12)9(13,14)15/h2-3H,1H3. The van der Waals surface area contributed by atoms with E-state index in [4.69, 9.17) is 34.8 Å². The Morgan fingerprint density at radius 3 is 2.00 bits per heavy atom. The van der Waals surface area contributed by atoms with Crippen molar-refractivity contribution in [3.8, 4) is 0 Å². The molecule has 0 saturated heterocycles. The Hall–Kier alpha value is -0.450. The van der Waals surface area contributed by atoms with E-state index in [0.29, 0.717) is 0 Å². The second-order valence-corrected chi connectivity index (χ2v) is 4.15. The third kappa shape index (κ3) is 3.27. The number of aryl methyl sites for hydroxylation is 1. The molecule has 0 N–H and O–H groups in total. The molecule has 1 aromatic carbocycles. The van der Waals surface area contributed by atoms with Crippen LogP contribution >= 0.6 is 34.8 Å². The van der Waals surface area contributed by atoms with Crippen LogP contribution in [0, 0.1) is 6.92 Å². The van der Waals surface area contributed by atoms with Crippen molar-refractivity contribution in [3.05, 3.63) is 27.7 Å². The highest BCUT2D eigenvalue weighted by atomic mass is 35.5. The first-order valence-corrected chi connectivity index (χ1v) is 5.12. The molecule has 1 nitrogen and oxygen atoms in total. The molecule has 0 aromatic heterocycles. The minimum absolute atomic E-state index is 0.0207. The summed E-state index contributed by atoms with van der Waals surface area (Å²) in [5, 5.41) is -1.47. The van der Waals surface area contributed by atoms with Gasteiger partial charge in [-0.05, 0) is 24.6 Å². The summed E-state index contributed by atoms with van der Waals surface area (Å²) in [6, 6.07) is 2.90. The number of aliphatic imine (C=N–C) groups is 1. The van der Waals surface area contributed by atoms with E-state index in [1.807, 2.05) is 0 Å². The van der Waals surface area contributed by atoms with Crippen LogP contribution in [0.4, 0.5) is 18.9 Å². The summed E-state index contributed by atoms with van der Waals surface area (Å²) in [7, 11) is 0. The number of hydrogen-bond acceptors (Lipinski definition) is 1. The van der Waals surface area contributed by atoms with Crippen molar-refractivity contribution in [1.82, 2.24) is 0 Å². The molecule has 0 aliphatic carbocycles. The fraction of sp³-hybridized carbons (Fsp3) is 0.222. The van der Waals surface area contributed by atoms with Gasteiger partial charge in [-0.1, -0.05) is 34.8 Å². The van der Waals surface area contributed by atoms with E-state index >= 15 is 0 Å². The summed E-state index contributed by atoms with van der Waals surface area (Å²) in [4.78, 5) is 3.16. The lowest BCUT2D eigenvalue weighted by atomic mass is 10.2. The zero-order valence-electron chi connectivity index (χ0n) is 7.87. The van der Waals surface area contributed by atoms with Crippen molar-refractivity contribution in [3.63, 3.8) is 0 Å². The van der Waals surface area contributed by atoms with Gasteiger partial charge in [-0.2, -0.15) is 13.2 Å². The van der Waals surface area contributed by atoms with Crippen LogP contribution in [0.3, 0.4) is 0 Å². The van der Waals surface area contributed by atoms with E-state index < -0.39 is 11.3 Å². The van der Waals surface area contributed by atoms with Crippen LogP contribution in [0.5, 0.6) is 0 Å². The third-order valence-corrected chi connectivity index (χ3v) is 2.48. The molecule has 0 fully saturated rings. The average Bonchev–Trinajstić information content (AvgIpc) is 2.08. The highest BCUT2D eigenvalue weighted by molar-refractivity contribution is 6.67. The molecular weight excluding hydrogens is 285 g/mol. The molecule has 0 bridgehead atoms. The van der Waals surface area contributed by atoms with Gasteiger partial charge in [0.2, 0.25) is 5.17 Å². The van der Waals surface area contributed by atoms with Gasteiger partial charge in [0.1, 0.15) is 5.69 Å². The van der Waals surface area contributed by atoms with E-state index in [0.717, 1.165) is 5.56 Å². The van der Waals surface area contributed by atoms with E-state index in [-0.39, 0.29) is 15.7 Å². The lowest BCUT2D eigenvalue weighted by molar-refractivity contribution is -0.0558. The SMILES string of the molecule is Cc1cc(Cl)c(N=C(Cl)C(F)(F)F)c(Cl)c1. The molecule has 0 aliphatic rings. The zero-order chi connectivity index (χ0) is 12.5. The van der Waals surface area contributed by atoms with Crippen LogP contribution in [0.25, 0.3) is 0 Å². The highest BCUT2D eigenvalue weighted by Crippen LogP contribution is 2.36. The van der Waals surface area contributed by atoms with Crippen molar-refractivity contribution in [2.45, 2.75) is 13.1 Å². The van der Waals surface area contributed by atoms with Crippen molar-refractivity contribution < 1.29 is 13.2 Å². The van der Waals surface area contributed by atoms with E-state index in [1.54, 1.807) is 6.92 Å². The first-order chi connectivity index (χ1) is 7.21. The molecule has 0 spiro atoms. The summed E-state index contributed by atoms with van der Waals surface area (Å²) < 4.78 is 36.4. The molecule has 0 heterocycles. The summed E-state index contributed by atoms with van der Waals surface area (Å²) in [5.74, 6) is 0. The second kappa shape index (κ2) is 4.82. The fourth-order valence-corrected chi connectivity index (χ4v) is 1.73. The molecule has 0 radical (unpaired) electrons. The van der Waals surface area contributed by atoms with Crippen molar-refractivity contribution in [2.75, 3.05) is 0 Å². The maximum Gasteiger partial charge on any atom is 0.444 e. The molecule has 0 aliphatic heterocycles. The van der Waals surface area contributed by atoms with Gasteiger partial charge in [-0.15, -0.1) is 0 Å². The largest absolute Gasteiger partial charge is 0.444 e. The molecule has 0 atom stereocenters. The minimum Gasteiger partial charge on any atom is -0.229 e. The van der Waals surface area contributed by atoms with Crippen molar-refractivity contribution >= 4 is 45.7 Å². The van der Waals surface area contributed by atoms with Gasteiger partial charge in [0.15, 0.2) is 0 Å². The molecule has 88 valence electrons. The maximum absolute atomic E-state index is 12.1. The lowest BCUT2D eigenvalue weighted by Crippen LogP contribution is -2.16. The maximum atomic E-state index is 12.1. The predicted molar refractivity (Wildman–Crippen MR) is 60.2 cm³/mol. The molecule has 0 saturated carbocycles. The monoisotopic (exact) mass is 289 g/mol. The zero-order valence-corrected chi connectivity index (χ0v) is 10.1. The van der Waals surface area contributed by atoms with Crippen molar-refractivity contribution in [2.24, 2.45) is 4.99 Å². The molecule has 1 rings (SSSR count). The van der Waals surface area contributed by atoms with Gasteiger partial charge in [0.25, 0.3) is 0 Å². The Morgan fingerprint density at radius 2 is 1.62 bits per heavy atom. The van der Waals surface area contributed by atoms with Gasteiger partial charge in [-0.3, -0.25) is 0 Å². The molecule has 1 aromatic rings. The van der Waals surface area contributed by atoms with Crippen LogP contribution in [-0.4, -0.2) is 11.3 Å². The highest BCUT2D eigenvalue weighted by Gasteiger charge is 2.34. The predicted octanol–water partition coefficient (Wildman–Crippen LogP) is 5.13. The Labute approximate surface area is 105 Å². The first-order valence-electron chi connectivity index (χ1n) is 3.99. The first kappa shape index (κ1) is 13.6. The topological polar surface area (TPSA) is 12.4 Å². The summed E-state index contributed by atoms with van der Waals surface area (Å²) >= 11 is 16.4. The summed E-state index contributed by atoms with van der Waals surface area (Å²) in [6.07, 6.45) is -4.71. The van der Waals surface area contributed by atoms with Crippen LogP contribution in [-0.2, 0) is 0 Å². The Balaban J connectivity index is 3.26. The molecule has 16 heavy (non-hydrogen) atoms. The van der Waals surface area contributed by atoms with Crippen LogP contribution < -0.4 is 0 Å². The quantitative estimate of drug-likeness (QED) is 0.636. The smallest absolute Gasteiger partial charge is 0.229 e. The van der Waals surface area contributed by atoms with Gasteiger partial charge in [0.05, 0.1) is 10.0 Å². The lowest BCUT2D eigenvalue weighted by Gasteiger charge is -2.06. The molecule has 0 amide bonds. The van der Waals surface area contributed by atoms with Crippen LogP contribution in [0.2, 0.25) is 10.0 Å². The number of rotatable bonds is 1. The normalized spacial score (nSPS) is 13.1. The van der Waals surface area contributed by atoms with E-state index in [9.17, 15) is 13.2 Å². The number of alkyl halides is 3. The Kier molecular flexibility index (Phi) is 4.10. The average molecular weight is 290 g/mol. The van der Waals surface area contributed by atoms with E-state index in [2.05, 4.69) is 4.99 Å². The second-order valence-electron chi connectivity index (χ2n) is 2.98. The van der Waals surface area contributed by atoms with Gasteiger partial charge in [0, 0.05) is 0 Å². The number of benzene rings is 1. The van der Waals surface area contributed by atoms with Crippen molar-refractivity contribution in [1.29, 1.82) is 0 Å². The van der Waals surface area contributed by atoms with Crippen LogP contribution in [0.1, 0.15) is 5.56 Å². The number of hydrogen-bond donors (Lipinski definition) is 0. The molecular formula is C9H5Cl3F3N. The Bertz CT molecular complexity index is 417. The third-order valence-electron chi connectivity index (χ3n) is 1.61.